The summed E-state index contributed by atoms with van der Waals surface area (Å²) in [7, 11) is 3.53. The van der Waals surface area contributed by atoms with Gasteiger partial charge >= 0.3 is 0 Å². The van der Waals surface area contributed by atoms with E-state index in [1.807, 2.05) is 7.05 Å². The second-order valence-corrected chi connectivity index (χ2v) is 5.38. The first-order valence-corrected chi connectivity index (χ1v) is 7.33. The van der Waals surface area contributed by atoms with Crippen LogP contribution in [0, 0.1) is 0 Å². The van der Waals surface area contributed by atoms with E-state index in [-0.39, 0.29) is 5.91 Å². The van der Waals surface area contributed by atoms with Crippen LogP contribution >= 0.6 is 0 Å². The summed E-state index contributed by atoms with van der Waals surface area (Å²) < 4.78 is 4.98. The van der Waals surface area contributed by atoms with Crippen molar-refractivity contribution in [3.8, 4) is 0 Å². The number of hydrogen-bond donors (Lipinski definition) is 1. The van der Waals surface area contributed by atoms with E-state index in [1.165, 1.54) is 12.8 Å². The molecule has 1 amide bonds. The molecule has 2 unspecified atom stereocenters. The molecule has 0 aromatic heterocycles. The molecule has 0 bridgehead atoms. The highest BCUT2D eigenvalue weighted by molar-refractivity contribution is 5.81. The topological polar surface area (TPSA) is 58.8 Å². The number of likely N-dealkylation sites (N-methyl/N-ethyl adjacent to an activating group) is 2. The summed E-state index contributed by atoms with van der Waals surface area (Å²) in [5.41, 5.74) is 5.94. The molecule has 5 nitrogen and oxygen atoms in total. The van der Waals surface area contributed by atoms with Crippen LogP contribution in [0.3, 0.4) is 0 Å². The van der Waals surface area contributed by atoms with Gasteiger partial charge in [-0.1, -0.05) is 6.92 Å². The maximum absolute atomic E-state index is 12.2. The monoisotopic (exact) mass is 271 g/mol. The van der Waals surface area contributed by atoms with Gasteiger partial charge in [0.2, 0.25) is 5.91 Å². The molecule has 19 heavy (non-hydrogen) atoms. The molecule has 5 heteroatoms. The Morgan fingerprint density at radius 1 is 1.58 bits per heavy atom. The molecular weight excluding hydrogens is 242 g/mol. The lowest BCUT2D eigenvalue weighted by Crippen LogP contribution is -2.47. The maximum atomic E-state index is 12.2. The van der Waals surface area contributed by atoms with Crippen molar-refractivity contribution in [1.29, 1.82) is 0 Å². The standard InChI is InChI=1S/C14H29N3O2/c1-4-17-9-5-7-12(17)11-16(2)14(18)13(15)8-6-10-19-3/h12-13H,4-11,15H2,1-3H3. The number of carbonyl (C=O) groups is 1. The molecular formula is C14H29N3O2. The van der Waals surface area contributed by atoms with E-state index in [1.54, 1.807) is 12.0 Å². The Hall–Kier alpha value is -0.650. The average Bonchev–Trinajstić information content (AvgIpc) is 2.85. The number of ether oxygens (including phenoxy) is 1. The third-order valence-electron chi connectivity index (χ3n) is 3.95. The van der Waals surface area contributed by atoms with E-state index in [2.05, 4.69) is 11.8 Å². The summed E-state index contributed by atoms with van der Waals surface area (Å²) in [5.74, 6) is 0.0547. The van der Waals surface area contributed by atoms with E-state index in [4.69, 9.17) is 10.5 Å². The highest BCUT2D eigenvalue weighted by Gasteiger charge is 2.27. The molecule has 112 valence electrons. The van der Waals surface area contributed by atoms with Crippen molar-refractivity contribution in [3.63, 3.8) is 0 Å². The van der Waals surface area contributed by atoms with Crippen LogP contribution in [0.25, 0.3) is 0 Å². The van der Waals surface area contributed by atoms with Crippen molar-refractivity contribution in [3.05, 3.63) is 0 Å². The molecule has 0 aromatic carbocycles. The van der Waals surface area contributed by atoms with Gasteiger partial charge in [0.1, 0.15) is 0 Å². The Bertz CT molecular complexity index is 273. The number of carbonyl (C=O) groups excluding carboxylic acids is 1. The normalized spacial score (nSPS) is 21.6. The van der Waals surface area contributed by atoms with Crippen molar-refractivity contribution >= 4 is 5.91 Å². The van der Waals surface area contributed by atoms with Crippen molar-refractivity contribution in [2.24, 2.45) is 5.73 Å². The molecule has 1 fully saturated rings. The summed E-state index contributed by atoms with van der Waals surface area (Å²) in [6, 6.07) is 0.113. The van der Waals surface area contributed by atoms with Gasteiger partial charge in [0.05, 0.1) is 6.04 Å². The average molecular weight is 271 g/mol. The molecule has 0 saturated carbocycles. The van der Waals surface area contributed by atoms with Crippen LogP contribution in [0.15, 0.2) is 0 Å². The van der Waals surface area contributed by atoms with Crippen LogP contribution in [0.5, 0.6) is 0 Å². The number of rotatable bonds is 8. The zero-order chi connectivity index (χ0) is 14.3. The van der Waals surface area contributed by atoms with E-state index in [0.29, 0.717) is 19.1 Å². The maximum Gasteiger partial charge on any atom is 0.239 e. The van der Waals surface area contributed by atoms with Crippen LogP contribution in [0.2, 0.25) is 0 Å². The number of likely N-dealkylation sites (tertiary alicyclic amines) is 1. The lowest BCUT2D eigenvalue weighted by molar-refractivity contribution is -0.132. The minimum atomic E-state index is -0.392. The molecule has 2 atom stereocenters. The van der Waals surface area contributed by atoms with E-state index >= 15 is 0 Å². The molecule has 1 rings (SSSR count). The van der Waals surface area contributed by atoms with Gasteiger partial charge in [-0.05, 0) is 38.8 Å². The predicted octanol–water partition coefficient (Wildman–Crippen LogP) is 0.683. The molecule has 1 heterocycles. The first-order chi connectivity index (χ1) is 9.10. The van der Waals surface area contributed by atoms with Gasteiger partial charge in [-0.15, -0.1) is 0 Å². The molecule has 2 N–H and O–H groups in total. The molecule has 1 saturated heterocycles. The van der Waals surface area contributed by atoms with E-state index in [9.17, 15) is 4.79 Å². The van der Waals surface area contributed by atoms with Gasteiger partial charge in [0, 0.05) is 33.4 Å². The Kier molecular flexibility index (Phi) is 7.34. The van der Waals surface area contributed by atoms with Crippen LogP contribution in [0.4, 0.5) is 0 Å². The van der Waals surface area contributed by atoms with Crippen molar-refractivity contribution in [2.45, 2.75) is 44.7 Å². The van der Waals surface area contributed by atoms with E-state index in [0.717, 1.165) is 26.1 Å². The quantitative estimate of drug-likeness (QED) is 0.660. The summed E-state index contributed by atoms with van der Waals surface area (Å²) in [6.45, 7) is 5.86. The second kappa shape index (κ2) is 8.51. The second-order valence-electron chi connectivity index (χ2n) is 5.38. The fourth-order valence-corrected chi connectivity index (χ4v) is 2.78. The van der Waals surface area contributed by atoms with Gasteiger partial charge in [-0.25, -0.2) is 0 Å². The third-order valence-corrected chi connectivity index (χ3v) is 3.95. The largest absolute Gasteiger partial charge is 0.385 e. The predicted molar refractivity (Wildman–Crippen MR) is 77.0 cm³/mol. The molecule has 1 aliphatic heterocycles. The van der Waals surface area contributed by atoms with Crippen LogP contribution in [0.1, 0.15) is 32.6 Å². The highest BCUT2D eigenvalue weighted by Crippen LogP contribution is 2.17. The SMILES string of the molecule is CCN1CCCC1CN(C)C(=O)C(N)CCCOC. The van der Waals surface area contributed by atoms with Gasteiger partial charge in [0.15, 0.2) is 0 Å². The van der Waals surface area contributed by atoms with E-state index < -0.39 is 6.04 Å². The summed E-state index contributed by atoms with van der Waals surface area (Å²) in [5, 5.41) is 0. The molecule has 1 aliphatic rings. The first kappa shape index (κ1) is 16.4. The van der Waals surface area contributed by atoms with Crippen LogP contribution in [-0.2, 0) is 9.53 Å². The van der Waals surface area contributed by atoms with Gasteiger partial charge < -0.3 is 15.4 Å². The zero-order valence-electron chi connectivity index (χ0n) is 12.6. The number of methoxy groups -OCH3 is 1. The van der Waals surface area contributed by atoms with Gasteiger partial charge in [-0.3, -0.25) is 9.69 Å². The minimum Gasteiger partial charge on any atom is -0.385 e. The third kappa shape index (κ3) is 5.09. The lowest BCUT2D eigenvalue weighted by atomic mass is 10.1. The van der Waals surface area contributed by atoms with Crippen molar-refractivity contribution in [1.82, 2.24) is 9.80 Å². The molecule has 0 radical (unpaired) electrons. The van der Waals surface area contributed by atoms with Gasteiger partial charge in [-0.2, -0.15) is 0 Å². The van der Waals surface area contributed by atoms with Gasteiger partial charge in [0.25, 0.3) is 0 Å². The van der Waals surface area contributed by atoms with Crippen LogP contribution in [-0.4, -0.2) is 68.2 Å². The fourth-order valence-electron chi connectivity index (χ4n) is 2.78. The summed E-state index contributed by atoms with van der Waals surface area (Å²) in [6.07, 6.45) is 3.95. The summed E-state index contributed by atoms with van der Waals surface area (Å²) in [4.78, 5) is 16.4. The smallest absolute Gasteiger partial charge is 0.239 e. The first-order valence-electron chi connectivity index (χ1n) is 7.33. The Morgan fingerprint density at radius 2 is 2.32 bits per heavy atom. The Morgan fingerprint density at radius 3 is 2.95 bits per heavy atom. The van der Waals surface area contributed by atoms with Crippen LogP contribution < -0.4 is 5.73 Å². The van der Waals surface area contributed by atoms with Crippen molar-refractivity contribution in [2.75, 3.05) is 40.4 Å². The highest BCUT2D eigenvalue weighted by atomic mass is 16.5. The number of nitrogens with zero attached hydrogens (tertiary/aromatic N) is 2. The number of hydrogen-bond acceptors (Lipinski definition) is 4. The number of nitrogens with two attached hydrogens (primary N) is 1. The summed E-state index contributed by atoms with van der Waals surface area (Å²) >= 11 is 0. The molecule has 0 spiro atoms. The molecule has 0 aliphatic carbocycles. The Balaban J connectivity index is 2.35. The number of amides is 1. The van der Waals surface area contributed by atoms with Crippen molar-refractivity contribution < 1.29 is 9.53 Å². The Labute approximate surface area is 117 Å². The zero-order valence-corrected chi connectivity index (χ0v) is 12.6. The fraction of sp³-hybridized carbons (Fsp3) is 0.929. The minimum absolute atomic E-state index is 0.0547. The molecule has 0 aromatic rings. The lowest BCUT2D eigenvalue weighted by Gasteiger charge is -2.29.